The van der Waals surface area contributed by atoms with Gasteiger partial charge in [0.1, 0.15) is 5.75 Å². The number of methoxy groups -OCH3 is 1. The number of ether oxygens (including phenoxy) is 1. The Morgan fingerprint density at radius 1 is 1.36 bits per heavy atom. The van der Waals surface area contributed by atoms with Crippen LogP contribution in [0.15, 0.2) is 12.1 Å². The van der Waals surface area contributed by atoms with Crippen LogP contribution in [0, 0.1) is 0 Å². The highest BCUT2D eigenvalue weighted by Crippen LogP contribution is 2.29. The number of piperidine rings is 1. The molecule has 1 aliphatic rings. The summed E-state index contributed by atoms with van der Waals surface area (Å²) in [6, 6.07) is 3.33. The Kier molecular flexibility index (Phi) is 8.93. The molecule has 0 bridgehead atoms. The zero-order valence-electron chi connectivity index (χ0n) is 12.6. The van der Waals surface area contributed by atoms with Crippen LogP contribution in [0.25, 0.3) is 0 Å². The first kappa shape index (κ1) is 21.1. The minimum Gasteiger partial charge on any atom is -0.496 e. The molecule has 0 unspecified atom stereocenters. The normalized spacial score (nSPS) is 15.4. The average Bonchev–Trinajstić information content (AvgIpc) is 2.43. The highest BCUT2D eigenvalue weighted by atomic mass is 35.5. The maximum atomic E-state index is 12.3. The monoisotopic (exact) mass is 369 g/mol. The van der Waals surface area contributed by atoms with E-state index in [4.69, 9.17) is 22.1 Å². The summed E-state index contributed by atoms with van der Waals surface area (Å²) >= 11 is 5.98. The topological polar surface area (TPSA) is 67.6 Å². The van der Waals surface area contributed by atoms with Crippen LogP contribution in [0.4, 0.5) is 5.69 Å². The number of nitrogens with zero attached hydrogens (tertiary/aromatic N) is 1. The smallest absolute Gasteiger partial charge is 0.255 e. The summed E-state index contributed by atoms with van der Waals surface area (Å²) < 4.78 is 5.20. The van der Waals surface area contributed by atoms with Crippen molar-refractivity contribution in [1.82, 2.24) is 10.2 Å². The zero-order chi connectivity index (χ0) is 14.7. The predicted molar refractivity (Wildman–Crippen MR) is 94.9 cm³/mol. The van der Waals surface area contributed by atoms with E-state index in [1.54, 1.807) is 12.1 Å². The fourth-order valence-corrected chi connectivity index (χ4v) is 2.50. The van der Waals surface area contributed by atoms with Gasteiger partial charge in [-0.05, 0) is 39.0 Å². The second-order valence-electron chi connectivity index (χ2n) is 5.13. The number of nitrogens with two attached hydrogens (primary N) is 1. The largest absolute Gasteiger partial charge is 0.496 e. The summed E-state index contributed by atoms with van der Waals surface area (Å²) in [5.41, 5.74) is 6.54. The maximum Gasteiger partial charge on any atom is 0.255 e. The Morgan fingerprint density at radius 2 is 1.95 bits per heavy atom. The molecular weight excluding hydrogens is 349 g/mol. The van der Waals surface area contributed by atoms with E-state index in [9.17, 15) is 4.79 Å². The molecule has 0 saturated carbocycles. The van der Waals surface area contributed by atoms with Crippen LogP contribution in [0.5, 0.6) is 5.75 Å². The predicted octanol–water partition coefficient (Wildman–Crippen LogP) is 2.60. The molecule has 0 aromatic heterocycles. The molecule has 1 saturated heterocycles. The molecule has 0 spiro atoms. The lowest BCUT2D eigenvalue weighted by Crippen LogP contribution is -2.43. The van der Waals surface area contributed by atoms with Gasteiger partial charge in [0.05, 0.1) is 23.4 Å². The molecule has 1 amide bonds. The molecule has 1 aromatic rings. The molecule has 0 aliphatic carbocycles. The number of rotatable bonds is 3. The molecule has 1 heterocycles. The van der Waals surface area contributed by atoms with Gasteiger partial charge in [0, 0.05) is 12.1 Å². The van der Waals surface area contributed by atoms with E-state index >= 15 is 0 Å². The summed E-state index contributed by atoms with van der Waals surface area (Å²) in [5.74, 6) is 0.274. The van der Waals surface area contributed by atoms with Gasteiger partial charge in [0.15, 0.2) is 0 Å². The van der Waals surface area contributed by atoms with Gasteiger partial charge in [-0.25, -0.2) is 0 Å². The molecule has 1 fully saturated rings. The van der Waals surface area contributed by atoms with Gasteiger partial charge >= 0.3 is 0 Å². The highest BCUT2D eigenvalue weighted by molar-refractivity contribution is 6.33. The van der Waals surface area contributed by atoms with Crippen LogP contribution in [-0.2, 0) is 0 Å². The molecule has 22 heavy (non-hydrogen) atoms. The Hall–Kier alpha value is -0.880. The molecule has 1 aliphatic heterocycles. The Labute approximate surface area is 148 Å². The second kappa shape index (κ2) is 9.30. The van der Waals surface area contributed by atoms with Crippen LogP contribution in [-0.4, -0.2) is 44.1 Å². The molecule has 8 heteroatoms. The minimum absolute atomic E-state index is 0. The first-order valence-electron chi connectivity index (χ1n) is 6.63. The van der Waals surface area contributed by atoms with Crippen LogP contribution in [0.2, 0.25) is 5.02 Å². The molecular formula is C14H22Cl3N3O2. The quantitative estimate of drug-likeness (QED) is 0.803. The molecule has 5 nitrogen and oxygen atoms in total. The maximum absolute atomic E-state index is 12.3. The van der Waals surface area contributed by atoms with Gasteiger partial charge in [-0.3, -0.25) is 4.79 Å². The van der Waals surface area contributed by atoms with Gasteiger partial charge in [-0.15, -0.1) is 24.8 Å². The molecule has 2 rings (SSSR count). The summed E-state index contributed by atoms with van der Waals surface area (Å²) in [6.07, 6.45) is 1.90. The summed E-state index contributed by atoms with van der Waals surface area (Å²) in [5, 5.41) is 3.39. The van der Waals surface area contributed by atoms with Crippen molar-refractivity contribution in [3.63, 3.8) is 0 Å². The van der Waals surface area contributed by atoms with Gasteiger partial charge in [0.25, 0.3) is 5.91 Å². The van der Waals surface area contributed by atoms with Crippen molar-refractivity contribution >= 4 is 48.0 Å². The lowest BCUT2D eigenvalue weighted by Gasteiger charge is -2.29. The first-order valence-corrected chi connectivity index (χ1v) is 7.01. The van der Waals surface area contributed by atoms with Crippen LogP contribution >= 0.6 is 36.4 Å². The molecule has 126 valence electrons. The van der Waals surface area contributed by atoms with Crippen LogP contribution < -0.4 is 15.8 Å². The average molecular weight is 371 g/mol. The van der Waals surface area contributed by atoms with Gasteiger partial charge in [0.2, 0.25) is 0 Å². The fraction of sp³-hybridized carbons (Fsp3) is 0.500. The number of amides is 1. The van der Waals surface area contributed by atoms with Crippen molar-refractivity contribution in [3.05, 3.63) is 22.7 Å². The van der Waals surface area contributed by atoms with Crippen LogP contribution in [0.1, 0.15) is 23.2 Å². The lowest BCUT2D eigenvalue weighted by atomic mass is 10.0. The molecule has 0 atom stereocenters. The summed E-state index contributed by atoms with van der Waals surface area (Å²) in [7, 11) is 3.59. The fourth-order valence-electron chi connectivity index (χ4n) is 2.33. The molecule has 1 aromatic carbocycles. The van der Waals surface area contributed by atoms with Gasteiger partial charge < -0.3 is 20.7 Å². The van der Waals surface area contributed by atoms with Crippen LogP contribution in [0.3, 0.4) is 0 Å². The Balaban J connectivity index is 0.00000220. The number of carbonyl (C=O) groups excluding carboxylic acids is 1. The Morgan fingerprint density at radius 3 is 2.50 bits per heavy atom. The third kappa shape index (κ3) is 5.09. The molecule has 3 N–H and O–H groups in total. The second-order valence-corrected chi connectivity index (χ2v) is 5.53. The number of nitrogen functional groups attached to an aromatic ring is 1. The van der Waals surface area contributed by atoms with E-state index in [0.717, 1.165) is 25.9 Å². The van der Waals surface area contributed by atoms with E-state index in [-0.39, 0.29) is 36.8 Å². The van der Waals surface area contributed by atoms with E-state index in [1.807, 2.05) is 0 Å². The number of carbonyl (C=O) groups is 1. The van der Waals surface area contributed by atoms with Gasteiger partial charge in [-0.2, -0.15) is 0 Å². The SMILES string of the molecule is COc1cc(N)c(Cl)cc1C(=O)NC1CCN(C)CC1.Cl.Cl. The van der Waals surface area contributed by atoms with E-state index < -0.39 is 0 Å². The number of benzene rings is 1. The van der Waals surface area contributed by atoms with Gasteiger partial charge in [-0.1, -0.05) is 11.6 Å². The standard InChI is InChI=1S/C14H20ClN3O2.2ClH/c1-18-5-3-9(4-6-18)17-14(19)10-7-11(15)12(16)8-13(10)20-2;;/h7-9H,3-6,16H2,1-2H3,(H,17,19);2*1H. The summed E-state index contributed by atoms with van der Waals surface area (Å²) in [6.45, 7) is 1.98. The number of halogens is 3. The number of hydrogen-bond acceptors (Lipinski definition) is 4. The van der Waals surface area contributed by atoms with E-state index in [1.165, 1.54) is 7.11 Å². The van der Waals surface area contributed by atoms with Crippen molar-refractivity contribution in [2.75, 3.05) is 33.0 Å². The van der Waals surface area contributed by atoms with Crippen molar-refractivity contribution in [2.45, 2.75) is 18.9 Å². The number of anilines is 1. The molecule has 0 radical (unpaired) electrons. The summed E-state index contributed by atoms with van der Waals surface area (Å²) in [4.78, 5) is 14.6. The van der Waals surface area contributed by atoms with E-state index in [2.05, 4.69) is 17.3 Å². The highest BCUT2D eigenvalue weighted by Gasteiger charge is 2.21. The van der Waals surface area contributed by atoms with Crippen molar-refractivity contribution in [1.29, 1.82) is 0 Å². The first-order chi connectivity index (χ1) is 9.51. The third-order valence-electron chi connectivity index (χ3n) is 3.62. The number of hydrogen-bond donors (Lipinski definition) is 2. The minimum atomic E-state index is -0.168. The number of nitrogens with one attached hydrogen (secondary N) is 1. The van der Waals surface area contributed by atoms with E-state index in [0.29, 0.717) is 22.0 Å². The van der Waals surface area contributed by atoms with Crippen molar-refractivity contribution < 1.29 is 9.53 Å². The van der Waals surface area contributed by atoms with Crippen molar-refractivity contribution in [3.8, 4) is 5.75 Å². The Bertz CT molecular complexity index is 506. The lowest BCUT2D eigenvalue weighted by molar-refractivity contribution is 0.0914. The third-order valence-corrected chi connectivity index (χ3v) is 3.94. The zero-order valence-corrected chi connectivity index (χ0v) is 15.0. The van der Waals surface area contributed by atoms with Crippen molar-refractivity contribution in [2.24, 2.45) is 0 Å². The number of likely N-dealkylation sites (tertiary alicyclic amines) is 1.